The SMILES string of the molecule is CCc1ccc2occ(C(=O)N3C4COCC3C4)c2c1. The predicted molar refractivity (Wildman–Crippen MR) is 74.8 cm³/mol. The smallest absolute Gasteiger partial charge is 0.258 e. The number of amides is 1. The van der Waals surface area contributed by atoms with Crippen LogP contribution in [0.2, 0.25) is 0 Å². The summed E-state index contributed by atoms with van der Waals surface area (Å²) in [6, 6.07) is 6.57. The Morgan fingerprint density at radius 1 is 1.35 bits per heavy atom. The van der Waals surface area contributed by atoms with Gasteiger partial charge in [0.25, 0.3) is 5.91 Å². The van der Waals surface area contributed by atoms with Gasteiger partial charge < -0.3 is 14.1 Å². The Kier molecular flexibility index (Phi) is 2.60. The molecule has 1 amide bonds. The van der Waals surface area contributed by atoms with Gasteiger partial charge in [0.2, 0.25) is 0 Å². The first-order chi connectivity index (χ1) is 9.78. The molecule has 0 N–H and O–H groups in total. The summed E-state index contributed by atoms with van der Waals surface area (Å²) in [5.41, 5.74) is 2.69. The number of carbonyl (C=O) groups is 1. The molecule has 2 aliphatic rings. The number of morpholine rings is 1. The van der Waals surface area contributed by atoms with Crippen molar-refractivity contribution in [3.05, 3.63) is 35.6 Å². The number of benzene rings is 1. The minimum Gasteiger partial charge on any atom is -0.463 e. The van der Waals surface area contributed by atoms with Crippen molar-refractivity contribution in [1.82, 2.24) is 4.90 Å². The fraction of sp³-hybridized carbons (Fsp3) is 0.438. The second-order valence-corrected chi connectivity index (χ2v) is 5.63. The molecule has 2 saturated heterocycles. The Morgan fingerprint density at radius 3 is 2.85 bits per heavy atom. The highest BCUT2D eigenvalue weighted by Crippen LogP contribution is 2.34. The lowest BCUT2D eigenvalue weighted by Gasteiger charge is -2.52. The van der Waals surface area contributed by atoms with Crippen LogP contribution >= 0.6 is 0 Å². The van der Waals surface area contributed by atoms with Crippen LogP contribution in [-0.4, -0.2) is 36.1 Å². The van der Waals surface area contributed by atoms with Gasteiger partial charge in [-0.3, -0.25) is 4.79 Å². The van der Waals surface area contributed by atoms with Crippen molar-refractivity contribution in [2.75, 3.05) is 13.2 Å². The number of rotatable bonds is 2. The number of hydrogen-bond acceptors (Lipinski definition) is 3. The molecular formula is C16H17NO3. The quantitative estimate of drug-likeness (QED) is 0.843. The average Bonchev–Trinajstić information content (AvgIpc) is 2.90. The fourth-order valence-electron chi connectivity index (χ4n) is 3.27. The topological polar surface area (TPSA) is 42.7 Å². The summed E-state index contributed by atoms with van der Waals surface area (Å²) < 4.78 is 11.0. The summed E-state index contributed by atoms with van der Waals surface area (Å²) in [6.07, 6.45) is 3.63. The number of ether oxygens (including phenoxy) is 1. The molecule has 4 heteroatoms. The highest BCUT2D eigenvalue weighted by molar-refractivity contribution is 6.06. The van der Waals surface area contributed by atoms with Crippen LogP contribution in [0.4, 0.5) is 0 Å². The Bertz CT molecular complexity index is 661. The van der Waals surface area contributed by atoms with Crippen molar-refractivity contribution in [3.8, 4) is 0 Å². The van der Waals surface area contributed by atoms with Crippen molar-refractivity contribution in [1.29, 1.82) is 0 Å². The van der Waals surface area contributed by atoms with Crippen molar-refractivity contribution in [2.24, 2.45) is 0 Å². The first-order valence-electron chi connectivity index (χ1n) is 7.18. The van der Waals surface area contributed by atoms with Crippen molar-refractivity contribution >= 4 is 16.9 Å². The minimum atomic E-state index is 0.0848. The standard InChI is InChI=1S/C16H17NO3/c1-2-10-3-4-15-13(5-10)14(9-20-15)16(18)17-11-6-12(17)8-19-7-11/h3-5,9,11-12H,2,6-8H2,1H3. The van der Waals surface area contributed by atoms with Gasteiger partial charge in [-0.15, -0.1) is 0 Å². The van der Waals surface area contributed by atoms with Crippen LogP contribution in [0.15, 0.2) is 28.9 Å². The molecule has 2 aliphatic heterocycles. The van der Waals surface area contributed by atoms with E-state index in [9.17, 15) is 4.79 Å². The van der Waals surface area contributed by atoms with E-state index in [2.05, 4.69) is 13.0 Å². The zero-order valence-corrected chi connectivity index (χ0v) is 11.5. The molecule has 2 fully saturated rings. The molecule has 0 radical (unpaired) electrons. The van der Waals surface area contributed by atoms with Crippen molar-refractivity contribution in [2.45, 2.75) is 31.8 Å². The van der Waals surface area contributed by atoms with Crippen LogP contribution in [-0.2, 0) is 11.2 Å². The Hall–Kier alpha value is -1.81. The summed E-state index contributed by atoms with van der Waals surface area (Å²) >= 11 is 0. The number of aryl methyl sites for hydroxylation is 1. The van der Waals surface area contributed by atoms with E-state index in [-0.39, 0.29) is 18.0 Å². The third-order valence-electron chi connectivity index (χ3n) is 4.46. The molecule has 2 aromatic rings. The van der Waals surface area contributed by atoms with E-state index in [1.807, 2.05) is 17.0 Å². The van der Waals surface area contributed by atoms with E-state index in [1.165, 1.54) is 5.56 Å². The van der Waals surface area contributed by atoms with E-state index in [0.29, 0.717) is 18.8 Å². The van der Waals surface area contributed by atoms with Gasteiger partial charge in [-0.25, -0.2) is 0 Å². The fourth-order valence-corrected chi connectivity index (χ4v) is 3.27. The first-order valence-corrected chi connectivity index (χ1v) is 7.18. The molecule has 20 heavy (non-hydrogen) atoms. The average molecular weight is 271 g/mol. The molecule has 3 heterocycles. The van der Waals surface area contributed by atoms with Crippen LogP contribution in [0.5, 0.6) is 0 Å². The highest BCUT2D eigenvalue weighted by Gasteiger charge is 2.45. The number of fused-ring (bicyclic) bond motifs is 3. The summed E-state index contributed by atoms with van der Waals surface area (Å²) in [5.74, 6) is 0.0848. The molecule has 4 nitrogen and oxygen atoms in total. The number of nitrogens with zero attached hydrogens (tertiary/aromatic N) is 1. The van der Waals surface area contributed by atoms with Crippen molar-refractivity contribution in [3.63, 3.8) is 0 Å². The zero-order valence-electron chi connectivity index (χ0n) is 11.5. The van der Waals surface area contributed by atoms with Crippen molar-refractivity contribution < 1.29 is 13.9 Å². The summed E-state index contributed by atoms with van der Waals surface area (Å²) in [7, 11) is 0. The van der Waals surface area contributed by atoms with Crippen LogP contribution in [0.25, 0.3) is 11.0 Å². The molecule has 104 valence electrons. The van der Waals surface area contributed by atoms with E-state index in [4.69, 9.17) is 9.15 Å². The third kappa shape index (κ3) is 1.61. The van der Waals surface area contributed by atoms with Gasteiger partial charge in [-0.05, 0) is 30.5 Å². The van der Waals surface area contributed by atoms with E-state index >= 15 is 0 Å². The first kappa shape index (κ1) is 12.0. The lowest BCUT2D eigenvalue weighted by molar-refractivity contribution is -0.104. The number of carbonyl (C=O) groups excluding carboxylic acids is 1. The number of hydrogen-bond donors (Lipinski definition) is 0. The maximum absolute atomic E-state index is 12.7. The van der Waals surface area contributed by atoms with Gasteiger partial charge in [0, 0.05) is 5.39 Å². The molecule has 2 unspecified atom stereocenters. The molecular weight excluding hydrogens is 254 g/mol. The second-order valence-electron chi connectivity index (χ2n) is 5.63. The van der Waals surface area contributed by atoms with E-state index < -0.39 is 0 Å². The van der Waals surface area contributed by atoms with Crippen LogP contribution < -0.4 is 0 Å². The highest BCUT2D eigenvalue weighted by atomic mass is 16.5. The van der Waals surface area contributed by atoms with Gasteiger partial charge in [-0.1, -0.05) is 13.0 Å². The van der Waals surface area contributed by atoms with Crippen LogP contribution in [0.3, 0.4) is 0 Å². The normalized spacial score (nSPS) is 24.8. The van der Waals surface area contributed by atoms with Crippen LogP contribution in [0, 0.1) is 0 Å². The van der Waals surface area contributed by atoms with E-state index in [0.717, 1.165) is 23.8 Å². The Labute approximate surface area is 117 Å². The Morgan fingerprint density at radius 2 is 2.15 bits per heavy atom. The molecule has 4 rings (SSSR count). The minimum absolute atomic E-state index is 0.0848. The lowest BCUT2D eigenvalue weighted by Crippen LogP contribution is -2.65. The van der Waals surface area contributed by atoms with Crippen LogP contribution in [0.1, 0.15) is 29.3 Å². The monoisotopic (exact) mass is 271 g/mol. The lowest BCUT2D eigenvalue weighted by atomic mass is 9.90. The summed E-state index contributed by atoms with van der Waals surface area (Å²) in [4.78, 5) is 14.7. The molecule has 1 aromatic heterocycles. The molecule has 2 bridgehead atoms. The van der Waals surface area contributed by atoms with Gasteiger partial charge in [-0.2, -0.15) is 0 Å². The predicted octanol–water partition coefficient (Wildman–Crippen LogP) is 2.61. The third-order valence-corrected chi connectivity index (χ3v) is 4.46. The summed E-state index contributed by atoms with van der Waals surface area (Å²) in [6.45, 7) is 3.44. The Balaban J connectivity index is 1.72. The molecule has 0 spiro atoms. The zero-order chi connectivity index (χ0) is 13.7. The second kappa shape index (κ2) is 4.35. The van der Waals surface area contributed by atoms with Gasteiger partial charge in [0.1, 0.15) is 11.8 Å². The molecule has 2 atom stereocenters. The molecule has 0 aliphatic carbocycles. The largest absolute Gasteiger partial charge is 0.463 e. The van der Waals surface area contributed by atoms with Gasteiger partial charge >= 0.3 is 0 Å². The van der Waals surface area contributed by atoms with Gasteiger partial charge in [0.05, 0.1) is 30.9 Å². The molecule has 1 aromatic carbocycles. The molecule has 0 saturated carbocycles. The maximum atomic E-state index is 12.7. The summed E-state index contributed by atoms with van der Waals surface area (Å²) in [5, 5.41) is 0.931. The van der Waals surface area contributed by atoms with E-state index in [1.54, 1.807) is 6.26 Å². The number of furan rings is 1. The maximum Gasteiger partial charge on any atom is 0.258 e. The van der Waals surface area contributed by atoms with Gasteiger partial charge in [0.15, 0.2) is 0 Å².